The molecule has 0 aliphatic carbocycles. The summed E-state index contributed by atoms with van der Waals surface area (Å²) in [4.78, 5) is 42.9. The number of benzene rings is 2. The third-order valence-corrected chi connectivity index (χ3v) is 7.68. The highest BCUT2D eigenvalue weighted by molar-refractivity contribution is 7.99. The smallest absolute Gasteiger partial charge is 0.254 e. The van der Waals surface area contributed by atoms with Gasteiger partial charge in [-0.05, 0) is 44.8 Å². The maximum atomic E-state index is 13.6. The van der Waals surface area contributed by atoms with Crippen LogP contribution in [0.25, 0.3) is 0 Å². The van der Waals surface area contributed by atoms with Crippen LogP contribution in [-0.4, -0.2) is 95.1 Å². The molecule has 2 heterocycles. The molecule has 1 atom stereocenters. The molecule has 0 saturated carbocycles. The van der Waals surface area contributed by atoms with Crippen LogP contribution >= 0.6 is 23.4 Å². The minimum absolute atomic E-state index is 0.000994. The molecular weight excluding hydrogens is 551 g/mol. The molecule has 212 valence electrons. The van der Waals surface area contributed by atoms with E-state index in [1.165, 1.54) is 23.9 Å². The lowest BCUT2D eigenvalue weighted by Crippen LogP contribution is -2.54. The molecule has 1 aromatic heterocycles. The summed E-state index contributed by atoms with van der Waals surface area (Å²) in [6.45, 7) is 5.39. The number of rotatable bonds is 10. The molecule has 1 unspecified atom stereocenters. The zero-order chi connectivity index (χ0) is 28.6. The first-order valence-corrected chi connectivity index (χ1v) is 14.5. The van der Waals surface area contributed by atoms with Crippen molar-refractivity contribution < 1.29 is 14.0 Å². The fraction of sp³-hybridized carbons (Fsp3) is 0.379. The lowest BCUT2D eigenvalue weighted by Gasteiger charge is -2.40. The number of thioether (sulfide) groups is 1. The van der Waals surface area contributed by atoms with E-state index in [1.54, 1.807) is 23.1 Å². The Balaban J connectivity index is 1.39. The molecule has 3 aromatic rings. The number of aromatic nitrogens is 2. The maximum Gasteiger partial charge on any atom is 0.254 e. The van der Waals surface area contributed by atoms with Gasteiger partial charge in [0, 0.05) is 56.9 Å². The van der Waals surface area contributed by atoms with Gasteiger partial charge in [-0.1, -0.05) is 59.8 Å². The highest BCUT2D eigenvalue weighted by Gasteiger charge is 2.29. The Labute approximate surface area is 244 Å². The molecule has 0 bridgehead atoms. The van der Waals surface area contributed by atoms with Gasteiger partial charge in [0.2, 0.25) is 5.91 Å². The van der Waals surface area contributed by atoms with Crippen LogP contribution in [0.3, 0.4) is 0 Å². The van der Waals surface area contributed by atoms with Crippen LogP contribution in [0.15, 0.2) is 65.8 Å². The van der Waals surface area contributed by atoms with Crippen molar-refractivity contribution in [3.8, 4) is 0 Å². The predicted octanol–water partition coefficient (Wildman–Crippen LogP) is 4.30. The molecular formula is C29H34ClFN6O2S. The van der Waals surface area contributed by atoms with E-state index in [-0.39, 0.29) is 23.6 Å². The molecule has 1 aliphatic rings. The van der Waals surface area contributed by atoms with Crippen molar-refractivity contribution in [1.82, 2.24) is 24.7 Å². The summed E-state index contributed by atoms with van der Waals surface area (Å²) >= 11 is 7.62. The standard InChI is InChI=1S/C29H34ClFN6O2S/c1-21-18-35(14-15-37(21)28(39)23-10-7-11-24(31)16-23)26-17-25(30)32-29(33-26)40-20-27(38)36(13-12-34(2)3)19-22-8-5-4-6-9-22/h4-11,16-17,21H,12-15,18-20H2,1-3H3. The minimum Gasteiger partial charge on any atom is -0.353 e. The molecule has 2 amide bonds. The number of piperazine rings is 1. The van der Waals surface area contributed by atoms with Gasteiger partial charge in [-0.3, -0.25) is 9.59 Å². The van der Waals surface area contributed by atoms with E-state index in [1.807, 2.05) is 56.3 Å². The summed E-state index contributed by atoms with van der Waals surface area (Å²) in [6.07, 6.45) is 0. The SMILES string of the molecule is CC1CN(c2cc(Cl)nc(SCC(=O)N(CCN(C)C)Cc3ccccc3)n2)CCN1C(=O)c1cccc(F)c1. The van der Waals surface area contributed by atoms with Crippen molar-refractivity contribution in [3.63, 3.8) is 0 Å². The third kappa shape index (κ3) is 8.16. The number of carbonyl (C=O) groups is 2. The minimum atomic E-state index is -0.433. The van der Waals surface area contributed by atoms with Crippen molar-refractivity contribution in [3.05, 3.63) is 82.8 Å². The predicted molar refractivity (Wildman–Crippen MR) is 157 cm³/mol. The Kier molecular flexibility index (Phi) is 10.4. The average Bonchev–Trinajstić information content (AvgIpc) is 2.93. The van der Waals surface area contributed by atoms with Gasteiger partial charge in [-0.15, -0.1) is 0 Å². The Morgan fingerprint density at radius 3 is 2.52 bits per heavy atom. The van der Waals surface area contributed by atoms with E-state index in [4.69, 9.17) is 11.6 Å². The highest BCUT2D eigenvalue weighted by Crippen LogP contribution is 2.25. The lowest BCUT2D eigenvalue weighted by atomic mass is 10.1. The van der Waals surface area contributed by atoms with Gasteiger partial charge in [0.05, 0.1) is 5.75 Å². The third-order valence-electron chi connectivity index (χ3n) is 6.66. The molecule has 0 radical (unpaired) electrons. The van der Waals surface area contributed by atoms with Crippen molar-refractivity contribution in [1.29, 1.82) is 0 Å². The quantitative estimate of drug-likeness (QED) is 0.200. The van der Waals surface area contributed by atoms with Crippen LogP contribution in [0.1, 0.15) is 22.8 Å². The van der Waals surface area contributed by atoms with Gasteiger partial charge in [0.25, 0.3) is 5.91 Å². The summed E-state index contributed by atoms with van der Waals surface area (Å²) in [5.41, 5.74) is 1.41. The van der Waals surface area contributed by atoms with Crippen LogP contribution in [0.5, 0.6) is 0 Å². The van der Waals surface area contributed by atoms with Crippen LogP contribution < -0.4 is 4.90 Å². The molecule has 40 heavy (non-hydrogen) atoms. The number of hydrogen-bond acceptors (Lipinski definition) is 7. The number of likely N-dealkylation sites (N-methyl/N-ethyl adjacent to an activating group) is 1. The first-order chi connectivity index (χ1) is 19.2. The Morgan fingerprint density at radius 2 is 1.82 bits per heavy atom. The van der Waals surface area contributed by atoms with Gasteiger partial charge in [0.15, 0.2) is 5.16 Å². The van der Waals surface area contributed by atoms with E-state index in [2.05, 4.69) is 19.8 Å². The molecule has 1 saturated heterocycles. The zero-order valence-electron chi connectivity index (χ0n) is 23.0. The van der Waals surface area contributed by atoms with E-state index >= 15 is 0 Å². The second-order valence-electron chi connectivity index (χ2n) is 10.0. The van der Waals surface area contributed by atoms with Gasteiger partial charge in [-0.25, -0.2) is 14.4 Å². The Morgan fingerprint density at radius 1 is 1.05 bits per heavy atom. The number of halogens is 2. The molecule has 1 aliphatic heterocycles. The summed E-state index contributed by atoms with van der Waals surface area (Å²) < 4.78 is 13.6. The summed E-state index contributed by atoms with van der Waals surface area (Å²) in [5.74, 6) is 0.202. The summed E-state index contributed by atoms with van der Waals surface area (Å²) in [5, 5.41) is 0.716. The Hall–Kier alpha value is -3.21. The fourth-order valence-corrected chi connectivity index (χ4v) is 5.48. The van der Waals surface area contributed by atoms with Crippen molar-refractivity contribution in [2.75, 3.05) is 57.5 Å². The molecule has 0 spiro atoms. The second kappa shape index (κ2) is 13.9. The normalized spacial score (nSPS) is 15.4. The first-order valence-electron chi connectivity index (χ1n) is 13.1. The monoisotopic (exact) mass is 584 g/mol. The number of anilines is 1. The van der Waals surface area contributed by atoms with Crippen molar-refractivity contribution >= 4 is 41.0 Å². The number of hydrogen-bond donors (Lipinski definition) is 0. The van der Waals surface area contributed by atoms with Crippen LogP contribution in [0, 0.1) is 5.82 Å². The molecule has 2 aromatic carbocycles. The average molecular weight is 585 g/mol. The zero-order valence-corrected chi connectivity index (χ0v) is 24.5. The summed E-state index contributed by atoms with van der Waals surface area (Å²) in [6, 6.07) is 17.3. The molecule has 8 nitrogen and oxygen atoms in total. The number of carbonyl (C=O) groups excluding carboxylic acids is 2. The van der Waals surface area contributed by atoms with Gasteiger partial charge < -0.3 is 19.6 Å². The van der Waals surface area contributed by atoms with E-state index in [9.17, 15) is 14.0 Å². The number of amides is 2. The van der Waals surface area contributed by atoms with Gasteiger partial charge in [-0.2, -0.15) is 0 Å². The lowest BCUT2D eigenvalue weighted by molar-refractivity contribution is -0.129. The largest absolute Gasteiger partial charge is 0.353 e. The van der Waals surface area contributed by atoms with E-state index in [0.717, 1.165) is 12.1 Å². The second-order valence-corrected chi connectivity index (χ2v) is 11.4. The topological polar surface area (TPSA) is 72.9 Å². The summed E-state index contributed by atoms with van der Waals surface area (Å²) in [7, 11) is 3.97. The number of nitrogens with zero attached hydrogens (tertiary/aromatic N) is 6. The van der Waals surface area contributed by atoms with Gasteiger partial charge >= 0.3 is 0 Å². The molecule has 11 heteroatoms. The van der Waals surface area contributed by atoms with E-state index in [0.29, 0.717) is 54.4 Å². The van der Waals surface area contributed by atoms with Crippen LogP contribution in [-0.2, 0) is 11.3 Å². The van der Waals surface area contributed by atoms with E-state index < -0.39 is 5.82 Å². The van der Waals surface area contributed by atoms with Crippen molar-refractivity contribution in [2.45, 2.75) is 24.7 Å². The fourth-order valence-electron chi connectivity index (χ4n) is 4.50. The molecule has 1 fully saturated rings. The van der Waals surface area contributed by atoms with Gasteiger partial charge in [0.1, 0.15) is 16.8 Å². The molecule has 4 rings (SSSR count). The maximum absolute atomic E-state index is 13.6. The van der Waals surface area contributed by atoms with Crippen LogP contribution in [0.2, 0.25) is 5.15 Å². The molecule has 0 N–H and O–H groups in total. The van der Waals surface area contributed by atoms with Crippen molar-refractivity contribution in [2.24, 2.45) is 0 Å². The van der Waals surface area contributed by atoms with Crippen LogP contribution in [0.4, 0.5) is 10.2 Å². The Bertz CT molecular complexity index is 1310. The first kappa shape index (κ1) is 29.8. The highest BCUT2D eigenvalue weighted by atomic mass is 35.5.